The second kappa shape index (κ2) is 7.55. The Morgan fingerprint density at radius 1 is 1.28 bits per heavy atom. The summed E-state index contributed by atoms with van der Waals surface area (Å²) in [7, 11) is 0. The first-order valence-corrected chi connectivity index (χ1v) is 8.84. The average molecular weight is 393 g/mol. The summed E-state index contributed by atoms with van der Waals surface area (Å²) in [4.78, 5) is 22.2. The average Bonchev–Trinajstić information content (AvgIpc) is 3.14. The van der Waals surface area contributed by atoms with Crippen LogP contribution < -0.4 is 10.1 Å². The van der Waals surface area contributed by atoms with Crippen molar-refractivity contribution in [1.29, 1.82) is 0 Å². The molecule has 4 rings (SSSR count). The molecule has 8 nitrogen and oxygen atoms in total. The largest absolute Gasteiger partial charge is 0.492 e. The Bertz CT molecular complexity index is 1210. The molecule has 2 heterocycles. The van der Waals surface area contributed by atoms with E-state index in [0.717, 1.165) is 28.6 Å². The van der Waals surface area contributed by atoms with Crippen molar-refractivity contribution in [3.63, 3.8) is 0 Å². The third-order valence-corrected chi connectivity index (χ3v) is 4.31. The van der Waals surface area contributed by atoms with E-state index in [1.54, 1.807) is 19.2 Å². The fraction of sp³-hybridized carbons (Fsp3) is 0.100. The van der Waals surface area contributed by atoms with Crippen LogP contribution in [0.3, 0.4) is 0 Å². The zero-order valence-electron chi connectivity index (χ0n) is 15.3. The number of aromatic amines is 1. The molecule has 2 aromatic carbocycles. The van der Waals surface area contributed by atoms with Gasteiger partial charge in [-0.3, -0.25) is 10.1 Å². The van der Waals surface area contributed by atoms with Gasteiger partial charge in [-0.1, -0.05) is 18.2 Å². The van der Waals surface area contributed by atoms with Gasteiger partial charge in [0.25, 0.3) is 0 Å². The summed E-state index contributed by atoms with van der Waals surface area (Å²) in [5, 5.41) is 15.0. The smallest absolute Gasteiger partial charge is 0.307 e. The summed E-state index contributed by atoms with van der Waals surface area (Å²) in [5.41, 5.74) is 2.07. The summed E-state index contributed by atoms with van der Waals surface area (Å²) in [5.74, 6) is -0.635. The molecule has 0 unspecified atom stereocenters. The molecule has 0 amide bonds. The zero-order valence-corrected chi connectivity index (χ0v) is 15.3. The molecule has 0 bridgehead atoms. The Morgan fingerprint density at radius 3 is 2.90 bits per heavy atom. The lowest BCUT2D eigenvalue weighted by Gasteiger charge is -2.12. The minimum Gasteiger partial charge on any atom is -0.492 e. The third kappa shape index (κ3) is 3.57. The van der Waals surface area contributed by atoms with Gasteiger partial charge in [-0.05, 0) is 19.1 Å². The van der Waals surface area contributed by atoms with Crippen LogP contribution in [0, 0.1) is 15.9 Å². The van der Waals surface area contributed by atoms with Crippen molar-refractivity contribution < 1.29 is 14.1 Å². The van der Waals surface area contributed by atoms with E-state index in [0.29, 0.717) is 5.69 Å². The predicted octanol–water partition coefficient (Wildman–Crippen LogP) is 4.81. The lowest BCUT2D eigenvalue weighted by atomic mass is 10.1. The number of H-pyrrole nitrogens is 1. The van der Waals surface area contributed by atoms with Crippen molar-refractivity contribution in [2.24, 2.45) is 0 Å². The Hall–Kier alpha value is -4.01. The van der Waals surface area contributed by atoms with Crippen LogP contribution in [0.5, 0.6) is 5.75 Å². The first kappa shape index (κ1) is 18.4. The summed E-state index contributed by atoms with van der Waals surface area (Å²) in [6.45, 7) is 2.00. The Labute approximate surface area is 164 Å². The highest BCUT2D eigenvalue weighted by Crippen LogP contribution is 2.34. The normalized spacial score (nSPS) is 10.8. The second-order valence-corrected chi connectivity index (χ2v) is 6.13. The van der Waals surface area contributed by atoms with Gasteiger partial charge in [0, 0.05) is 41.0 Å². The van der Waals surface area contributed by atoms with E-state index < -0.39 is 16.4 Å². The van der Waals surface area contributed by atoms with Crippen LogP contribution in [0.4, 0.5) is 21.7 Å². The molecule has 0 spiro atoms. The van der Waals surface area contributed by atoms with Crippen molar-refractivity contribution >= 4 is 28.2 Å². The summed E-state index contributed by atoms with van der Waals surface area (Å²) < 4.78 is 19.4. The Morgan fingerprint density at radius 2 is 2.10 bits per heavy atom. The maximum absolute atomic E-state index is 14.0. The van der Waals surface area contributed by atoms with Crippen LogP contribution in [-0.2, 0) is 0 Å². The number of para-hydroxylation sites is 1. The number of halogens is 1. The molecule has 146 valence electrons. The predicted molar refractivity (Wildman–Crippen MR) is 107 cm³/mol. The number of nitro benzene ring substituents is 1. The monoisotopic (exact) mass is 393 g/mol. The molecule has 0 radical (unpaired) electrons. The van der Waals surface area contributed by atoms with Crippen molar-refractivity contribution in [1.82, 2.24) is 15.0 Å². The minimum absolute atomic E-state index is 0.136. The second-order valence-electron chi connectivity index (χ2n) is 6.13. The number of benzene rings is 2. The molecule has 0 saturated carbocycles. The van der Waals surface area contributed by atoms with Crippen LogP contribution >= 0.6 is 0 Å². The number of fused-ring (bicyclic) bond motifs is 1. The molecule has 9 heteroatoms. The van der Waals surface area contributed by atoms with Crippen molar-refractivity contribution in [2.45, 2.75) is 6.92 Å². The number of nitrogens with one attached hydrogen (secondary N) is 2. The van der Waals surface area contributed by atoms with Gasteiger partial charge < -0.3 is 15.0 Å². The number of rotatable bonds is 6. The molecule has 0 aliphatic rings. The first-order valence-electron chi connectivity index (χ1n) is 8.84. The van der Waals surface area contributed by atoms with E-state index >= 15 is 0 Å². The number of aromatic nitrogens is 3. The topological polar surface area (TPSA) is 106 Å². The Kier molecular flexibility index (Phi) is 4.78. The summed E-state index contributed by atoms with van der Waals surface area (Å²) >= 11 is 0. The van der Waals surface area contributed by atoms with E-state index in [1.807, 2.05) is 30.5 Å². The van der Waals surface area contributed by atoms with Crippen molar-refractivity contribution in [2.75, 3.05) is 11.9 Å². The van der Waals surface area contributed by atoms with Crippen LogP contribution in [0.2, 0.25) is 0 Å². The minimum atomic E-state index is -0.975. The van der Waals surface area contributed by atoms with Gasteiger partial charge in [0.2, 0.25) is 11.8 Å². The fourth-order valence-electron chi connectivity index (χ4n) is 3.03. The highest BCUT2D eigenvalue weighted by atomic mass is 19.1. The summed E-state index contributed by atoms with van der Waals surface area (Å²) in [6.07, 6.45) is 3.43. The lowest BCUT2D eigenvalue weighted by molar-refractivity contribution is -0.387. The molecule has 2 aromatic heterocycles. The highest BCUT2D eigenvalue weighted by Gasteiger charge is 2.20. The zero-order chi connectivity index (χ0) is 20.4. The molecular formula is C20H16FN5O3. The molecule has 0 fully saturated rings. The maximum Gasteiger partial charge on any atom is 0.307 e. The van der Waals surface area contributed by atoms with Gasteiger partial charge in [0.15, 0.2) is 0 Å². The number of hydrogen-bond donors (Lipinski definition) is 2. The van der Waals surface area contributed by atoms with E-state index in [-0.39, 0.29) is 24.0 Å². The van der Waals surface area contributed by atoms with E-state index in [9.17, 15) is 14.5 Å². The van der Waals surface area contributed by atoms with Gasteiger partial charge in [0.05, 0.1) is 22.9 Å². The van der Waals surface area contributed by atoms with E-state index in [2.05, 4.69) is 20.3 Å². The van der Waals surface area contributed by atoms with Gasteiger partial charge in [-0.15, -0.1) is 0 Å². The quantitative estimate of drug-likeness (QED) is 0.359. The molecule has 0 aliphatic heterocycles. The Balaban J connectivity index is 1.73. The number of anilines is 2. The number of nitrogens with zero attached hydrogens (tertiary/aromatic N) is 3. The standard InChI is InChI=1S/C20H16FN5O3/c1-2-29-19-9-14(21)18(26(27)28)10-17(19)25-20-22-8-7-16(24-20)13-11-23-15-6-4-3-5-12(13)15/h3-11,23H,2H2,1H3,(H,22,24,25). The van der Waals surface area contributed by atoms with E-state index in [1.165, 1.54) is 0 Å². The lowest BCUT2D eigenvalue weighted by Crippen LogP contribution is -2.03. The SMILES string of the molecule is CCOc1cc(F)c([N+](=O)[O-])cc1Nc1nccc(-c2c[nH]c3ccccc23)n1. The van der Waals surface area contributed by atoms with Crippen LogP contribution in [-0.4, -0.2) is 26.5 Å². The van der Waals surface area contributed by atoms with Crippen LogP contribution in [0.25, 0.3) is 22.2 Å². The number of hydrogen-bond acceptors (Lipinski definition) is 6. The molecule has 0 aliphatic carbocycles. The molecule has 0 saturated heterocycles. The van der Waals surface area contributed by atoms with Crippen LogP contribution in [0.1, 0.15) is 6.92 Å². The van der Waals surface area contributed by atoms with Crippen molar-refractivity contribution in [3.8, 4) is 17.0 Å². The van der Waals surface area contributed by atoms with Gasteiger partial charge in [-0.25, -0.2) is 9.97 Å². The molecule has 0 atom stereocenters. The summed E-state index contributed by atoms with van der Waals surface area (Å²) in [6, 6.07) is 11.6. The highest BCUT2D eigenvalue weighted by molar-refractivity contribution is 5.94. The van der Waals surface area contributed by atoms with Crippen LogP contribution in [0.15, 0.2) is 54.9 Å². The molecule has 29 heavy (non-hydrogen) atoms. The number of ether oxygens (including phenoxy) is 1. The molecule has 2 N–H and O–H groups in total. The van der Waals surface area contributed by atoms with E-state index in [4.69, 9.17) is 4.74 Å². The van der Waals surface area contributed by atoms with Crippen molar-refractivity contribution in [3.05, 3.63) is 70.8 Å². The van der Waals surface area contributed by atoms with Gasteiger partial charge in [-0.2, -0.15) is 4.39 Å². The van der Waals surface area contributed by atoms with Gasteiger partial charge in [0.1, 0.15) is 5.75 Å². The fourth-order valence-corrected chi connectivity index (χ4v) is 3.03. The third-order valence-electron chi connectivity index (χ3n) is 4.31. The maximum atomic E-state index is 14.0. The molecule has 4 aromatic rings. The first-order chi connectivity index (χ1) is 14.1. The number of nitro groups is 1. The van der Waals surface area contributed by atoms with Gasteiger partial charge >= 0.3 is 5.69 Å². The molecular weight excluding hydrogens is 377 g/mol.